The molecule has 0 saturated carbocycles. The Kier molecular flexibility index (Phi) is 6.06. The van der Waals surface area contributed by atoms with Crippen LogP contribution in [-0.2, 0) is 20.7 Å². The monoisotopic (exact) mass is 402 g/mol. The summed E-state index contributed by atoms with van der Waals surface area (Å²) in [6, 6.07) is 8.29. The van der Waals surface area contributed by atoms with Gasteiger partial charge in [0.1, 0.15) is 5.75 Å². The molecule has 4 atom stereocenters. The number of nitrogens with one attached hydrogen (secondary N) is 1. The van der Waals surface area contributed by atoms with Crippen LogP contribution in [0, 0.1) is 11.8 Å². The third-order valence-electron chi connectivity index (χ3n) is 6.67. The quantitative estimate of drug-likeness (QED) is 0.722. The number of fused-ring (bicyclic) bond motifs is 2. The number of likely N-dealkylation sites (tertiary alicyclic amines) is 1. The molecule has 3 saturated heterocycles. The molecule has 4 rings (SSSR count). The van der Waals surface area contributed by atoms with Crippen LogP contribution in [0.1, 0.15) is 31.2 Å². The second-order valence-electron chi connectivity index (χ2n) is 8.40. The third kappa shape index (κ3) is 4.41. The number of carbonyl (C=O) groups excluding carboxylic acids is 1. The first kappa shape index (κ1) is 20.2. The van der Waals surface area contributed by atoms with Crippen molar-refractivity contribution in [3.63, 3.8) is 0 Å². The number of carbonyl (C=O) groups is 2. The van der Waals surface area contributed by atoms with Crippen molar-refractivity contribution in [2.24, 2.45) is 11.8 Å². The van der Waals surface area contributed by atoms with Gasteiger partial charge >= 0.3 is 5.97 Å². The number of carboxylic acid groups (broad SMARTS) is 1. The van der Waals surface area contributed by atoms with Gasteiger partial charge in [0, 0.05) is 25.7 Å². The zero-order chi connectivity index (χ0) is 20.4. The summed E-state index contributed by atoms with van der Waals surface area (Å²) in [6.45, 7) is 2.88. The molecule has 2 bridgehead atoms. The zero-order valence-corrected chi connectivity index (χ0v) is 16.9. The summed E-state index contributed by atoms with van der Waals surface area (Å²) in [4.78, 5) is 26.8. The number of aliphatic carboxylic acids is 1. The van der Waals surface area contributed by atoms with E-state index in [1.165, 1.54) is 5.56 Å². The maximum Gasteiger partial charge on any atom is 0.310 e. The number of carboxylic acids is 1. The van der Waals surface area contributed by atoms with Crippen LogP contribution in [0.4, 0.5) is 0 Å². The lowest BCUT2D eigenvalue weighted by Crippen LogP contribution is -2.50. The highest BCUT2D eigenvalue weighted by Crippen LogP contribution is 2.43. The van der Waals surface area contributed by atoms with Crippen molar-refractivity contribution in [1.29, 1.82) is 0 Å². The Hall–Kier alpha value is -2.12. The Morgan fingerprint density at radius 2 is 1.76 bits per heavy atom. The summed E-state index contributed by atoms with van der Waals surface area (Å²) < 4.78 is 10.9. The second-order valence-corrected chi connectivity index (χ2v) is 8.40. The van der Waals surface area contributed by atoms with Crippen LogP contribution < -0.4 is 10.1 Å². The Bertz CT molecular complexity index is 729. The molecule has 0 aliphatic carbocycles. The fourth-order valence-corrected chi connectivity index (χ4v) is 5.00. The molecule has 158 valence electrons. The highest BCUT2D eigenvalue weighted by atomic mass is 16.5. The summed E-state index contributed by atoms with van der Waals surface area (Å²) >= 11 is 0. The van der Waals surface area contributed by atoms with Gasteiger partial charge in [-0.15, -0.1) is 0 Å². The molecule has 7 nitrogen and oxygen atoms in total. The van der Waals surface area contributed by atoms with Crippen LogP contribution in [-0.4, -0.2) is 66.9 Å². The van der Waals surface area contributed by atoms with E-state index in [2.05, 4.69) is 22.3 Å². The molecular weight excluding hydrogens is 372 g/mol. The Morgan fingerprint density at radius 3 is 2.38 bits per heavy atom. The highest BCUT2D eigenvalue weighted by molar-refractivity contribution is 5.86. The SMILES string of the molecule is COc1ccc(CCN2CCC(NC(=O)C3C(C(=O)O)[C@@H]4CC[C@H]3O4)CC2)cc1. The number of rotatable bonds is 7. The van der Waals surface area contributed by atoms with Crippen LogP contribution in [0.15, 0.2) is 24.3 Å². The van der Waals surface area contributed by atoms with Gasteiger partial charge in [-0.2, -0.15) is 0 Å². The van der Waals surface area contributed by atoms with Gasteiger partial charge in [-0.1, -0.05) is 12.1 Å². The third-order valence-corrected chi connectivity index (χ3v) is 6.67. The highest BCUT2D eigenvalue weighted by Gasteiger charge is 2.55. The number of piperidine rings is 1. The van der Waals surface area contributed by atoms with E-state index in [1.807, 2.05) is 12.1 Å². The molecule has 0 spiro atoms. The van der Waals surface area contributed by atoms with Crippen molar-refractivity contribution in [3.05, 3.63) is 29.8 Å². The predicted molar refractivity (Wildman–Crippen MR) is 107 cm³/mol. The van der Waals surface area contributed by atoms with Gasteiger partial charge in [-0.25, -0.2) is 0 Å². The van der Waals surface area contributed by atoms with Crippen LogP contribution in [0.25, 0.3) is 0 Å². The molecule has 2 unspecified atom stereocenters. The first-order chi connectivity index (χ1) is 14.0. The van der Waals surface area contributed by atoms with E-state index in [1.54, 1.807) is 7.11 Å². The fourth-order valence-electron chi connectivity index (χ4n) is 5.00. The molecule has 3 fully saturated rings. The average Bonchev–Trinajstić information content (AvgIpc) is 3.35. The summed E-state index contributed by atoms with van der Waals surface area (Å²) in [5, 5.41) is 12.6. The van der Waals surface area contributed by atoms with Crippen molar-refractivity contribution < 1.29 is 24.2 Å². The molecular formula is C22H30N2O5. The largest absolute Gasteiger partial charge is 0.497 e. The normalized spacial score (nSPS) is 29.7. The van der Waals surface area contributed by atoms with Gasteiger partial charge in [0.15, 0.2) is 0 Å². The molecule has 0 aromatic heterocycles. The van der Waals surface area contributed by atoms with E-state index in [0.717, 1.165) is 57.5 Å². The lowest BCUT2D eigenvalue weighted by atomic mass is 9.78. The standard InChI is InChI=1S/C22H30N2O5/c1-28-16-4-2-14(3-5-16)8-11-24-12-9-15(10-13-24)23-21(25)19-17-6-7-18(29-17)20(19)22(26)27/h2-5,15,17-20H,6-13H2,1H3,(H,23,25)(H,26,27)/t17-,18+,19?,20?/m1/s1. The Morgan fingerprint density at radius 1 is 1.10 bits per heavy atom. The van der Waals surface area contributed by atoms with Gasteiger partial charge in [0.05, 0.1) is 31.2 Å². The number of amides is 1. The smallest absolute Gasteiger partial charge is 0.310 e. The maximum absolute atomic E-state index is 12.8. The van der Waals surface area contributed by atoms with Gasteiger partial charge in [0.2, 0.25) is 5.91 Å². The van der Waals surface area contributed by atoms with E-state index in [-0.39, 0.29) is 24.2 Å². The van der Waals surface area contributed by atoms with E-state index >= 15 is 0 Å². The molecule has 3 aliphatic heterocycles. The number of hydrogen-bond acceptors (Lipinski definition) is 5. The van der Waals surface area contributed by atoms with E-state index < -0.39 is 17.8 Å². The molecule has 1 aromatic rings. The minimum Gasteiger partial charge on any atom is -0.497 e. The molecule has 1 amide bonds. The lowest BCUT2D eigenvalue weighted by molar-refractivity contribution is -0.148. The summed E-state index contributed by atoms with van der Waals surface area (Å²) in [5.41, 5.74) is 1.29. The molecule has 29 heavy (non-hydrogen) atoms. The first-order valence-electron chi connectivity index (χ1n) is 10.6. The zero-order valence-electron chi connectivity index (χ0n) is 16.9. The van der Waals surface area contributed by atoms with Crippen molar-refractivity contribution in [3.8, 4) is 5.75 Å². The molecule has 3 aliphatic rings. The van der Waals surface area contributed by atoms with Crippen molar-refractivity contribution in [1.82, 2.24) is 10.2 Å². The van der Waals surface area contributed by atoms with Gasteiger partial charge in [-0.05, 0) is 49.8 Å². The van der Waals surface area contributed by atoms with Gasteiger partial charge in [-0.3, -0.25) is 9.59 Å². The fraction of sp³-hybridized carbons (Fsp3) is 0.636. The van der Waals surface area contributed by atoms with Crippen LogP contribution in [0.2, 0.25) is 0 Å². The first-order valence-corrected chi connectivity index (χ1v) is 10.6. The van der Waals surface area contributed by atoms with Crippen molar-refractivity contribution in [2.45, 2.75) is 50.4 Å². The van der Waals surface area contributed by atoms with Crippen LogP contribution >= 0.6 is 0 Å². The molecule has 2 N–H and O–H groups in total. The number of nitrogens with zero attached hydrogens (tertiary/aromatic N) is 1. The van der Waals surface area contributed by atoms with Crippen LogP contribution in [0.5, 0.6) is 5.75 Å². The number of methoxy groups -OCH3 is 1. The Labute approximate surface area is 171 Å². The summed E-state index contributed by atoms with van der Waals surface area (Å²) in [7, 11) is 1.67. The van der Waals surface area contributed by atoms with Crippen molar-refractivity contribution >= 4 is 11.9 Å². The molecule has 3 heterocycles. The number of hydrogen-bond donors (Lipinski definition) is 2. The second kappa shape index (κ2) is 8.71. The molecule has 7 heteroatoms. The van der Waals surface area contributed by atoms with E-state index in [0.29, 0.717) is 0 Å². The van der Waals surface area contributed by atoms with Crippen LogP contribution in [0.3, 0.4) is 0 Å². The van der Waals surface area contributed by atoms with E-state index in [9.17, 15) is 14.7 Å². The predicted octanol–water partition coefficient (Wildman–Crippen LogP) is 1.70. The molecule has 1 aromatic carbocycles. The van der Waals surface area contributed by atoms with Gasteiger partial charge in [0.25, 0.3) is 0 Å². The molecule has 0 radical (unpaired) electrons. The summed E-state index contributed by atoms with van der Waals surface area (Å²) in [6.07, 6.45) is 3.79. The van der Waals surface area contributed by atoms with Crippen molar-refractivity contribution in [2.75, 3.05) is 26.7 Å². The lowest BCUT2D eigenvalue weighted by Gasteiger charge is -2.33. The summed E-state index contributed by atoms with van der Waals surface area (Å²) in [5.74, 6) is -1.42. The average molecular weight is 402 g/mol. The minimum atomic E-state index is -0.911. The maximum atomic E-state index is 12.8. The number of benzene rings is 1. The minimum absolute atomic E-state index is 0.119. The van der Waals surface area contributed by atoms with E-state index in [4.69, 9.17) is 9.47 Å². The number of ether oxygens (including phenoxy) is 2. The van der Waals surface area contributed by atoms with Gasteiger partial charge < -0.3 is 24.8 Å². The topological polar surface area (TPSA) is 88.1 Å². The Balaban J connectivity index is 1.22.